The van der Waals surface area contributed by atoms with E-state index in [0.717, 1.165) is 37.1 Å². The highest BCUT2D eigenvalue weighted by molar-refractivity contribution is 6.34. The van der Waals surface area contributed by atoms with E-state index in [4.69, 9.17) is 21.8 Å². The summed E-state index contributed by atoms with van der Waals surface area (Å²) < 4.78 is 5.81. The number of halogens is 1. The van der Waals surface area contributed by atoms with Gasteiger partial charge in [0.25, 0.3) is 0 Å². The predicted molar refractivity (Wildman–Crippen MR) is 72.5 cm³/mol. The van der Waals surface area contributed by atoms with Crippen molar-refractivity contribution in [3.05, 3.63) is 29.1 Å². The monoisotopic (exact) mass is 264 g/mol. The van der Waals surface area contributed by atoms with Crippen LogP contribution in [0.4, 0.5) is 0 Å². The Morgan fingerprint density at radius 2 is 2.11 bits per heavy atom. The molecule has 1 aliphatic rings. The molecule has 4 heteroatoms. The molecule has 96 valence electrons. The normalized spacial score (nSPS) is 28.7. The molecule has 2 aromatic rings. The maximum absolute atomic E-state index is 6.46. The second kappa shape index (κ2) is 4.25. The fourth-order valence-corrected chi connectivity index (χ4v) is 2.83. The van der Waals surface area contributed by atoms with Gasteiger partial charge in [-0.2, -0.15) is 0 Å². The van der Waals surface area contributed by atoms with Gasteiger partial charge >= 0.3 is 0 Å². The Balaban J connectivity index is 2.01. The average Bonchev–Trinajstić information content (AvgIpc) is 2.79. The molecule has 0 aliphatic heterocycles. The lowest BCUT2D eigenvalue weighted by atomic mass is 9.78. The first-order valence-corrected chi connectivity index (χ1v) is 6.81. The molecule has 1 aromatic heterocycles. The highest BCUT2D eigenvalue weighted by atomic mass is 35.5. The summed E-state index contributed by atoms with van der Waals surface area (Å²) in [5.74, 6) is 1.38. The summed E-state index contributed by atoms with van der Waals surface area (Å²) in [6, 6.07) is 5.59. The number of nitrogens with two attached hydrogens (primary N) is 1. The first-order valence-electron chi connectivity index (χ1n) is 6.43. The summed E-state index contributed by atoms with van der Waals surface area (Å²) in [6.45, 7) is 2.27. The molecular weight excluding hydrogens is 248 g/mol. The Kier molecular flexibility index (Phi) is 2.83. The Bertz CT molecular complexity index is 570. The van der Waals surface area contributed by atoms with E-state index in [9.17, 15) is 0 Å². The smallest absolute Gasteiger partial charge is 0.215 e. The third-order valence-electron chi connectivity index (χ3n) is 3.96. The number of nitrogens with zero attached hydrogens (tertiary/aromatic N) is 1. The van der Waals surface area contributed by atoms with Gasteiger partial charge in [0.05, 0.1) is 10.6 Å². The van der Waals surface area contributed by atoms with Crippen LogP contribution in [0, 0.1) is 5.92 Å². The van der Waals surface area contributed by atoms with Gasteiger partial charge < -0.3 is 10.2 Å². The van der Waals surface area contributed by atoms with E-state index >= 15 is 0 Å². The number of oxazole rings is 1. The van der Waals surface area contributed by atoms with Gasteiger partial charge in [0.1, 0.15) is 5.52 Å². The third kappa shape index (κ3) is 1.91. The van der Waals surface area contributed by atoms with Crippen LogP contribution >= 0.6 is 11.6 Å². The Hall–Kier alpha value is -1.06. The van der Waals surface area contributed by atoms with Crippen molar-refractivity contribution in [2.24, 2.45) is 11.7 Å². The second-order valence-corrected chi connectivity index (χ2v) is 5.85. The van der Waals surface area contributed by atoms with Gasteiger partial charge in [0.2, 0.25) is 5.89 Å². The number of para-hydroxylation sites is 1. The number of hydrogen-bond acceptors (Lipinski definition) is 3. The van der Waals surface area contributed by atoms with Crippen molar-refractivity contribution in [3.63, 3.8) is 0 Å². The molecule has 0 unspecified atom stereocenters. The van der Waals surface area contributed by atoms with E-state index in [-0.39, 0.29) is 0 Å². The predicted octanol–water partition coefficient (Wildman–Crippen LogP) is 3.85. The van der Waals surface area contributed by atoms with Gasteiger partial charge in [0.15, 0.2) is 5.58 Å². The van der Waals surface area contributed by atoms with Crippen LogP contribution < -0.4 is 5.73 Å². The maximum Gasteiger partial charge on any atom is 0.215 e. The molecule has 0 atom stereocenters. The van der Waals surface area contributed by atoms with E-state index in [1.54, 1.807) is 0 Å². The summed E-state index contributed by atoms with van der Waals surface area (Å²) in [5, 5.41) is 0.596. The standard InChI is InChI=1S/C14H17ClN2O/c1-9-5-7-14(16,8-6-9)13-17-11-4-2-3-10(15)12(11)18-13/h2-4,9H,5-8,16H2,1H3. The largest absolute Gasteiger partial charge is 0.437 e. The first-order chi connectivity index (χ1) is 8.58. The highest BCUT2D eigenvalue weighted by Gasteiger charge is 2.36. The fourth-order valence-electron chi connectivity index (χ4n) is 2.62. The van der Waals surface area contributed by atoms with E-state index in [0.29, 0.717) is 16.5 Å². The van der Waals surface area contributed by atoms with Gasteiger partial charge in [0, 0.05) is 0 Å². The van der Waals surface area contributed by atoms with Crippen molar-refractivity contribution in [2.45, 2.75) is 38.1 Å². The van der Waals surface area contributed by atoms with Crippen LogP contribution in [0.2, 0.25) is 5.02 Å². The molecule has 1 saturated carbocycles. The zero-order valence-electron chi connectivity index (χ0n) is 10.4. The van der Waals surface area contributed by atoms with Gasteiger partial charge in [-0.3, -0.25) is 0 Å². The van der Waals surface area contributed by atoms with Crippen LogP contribution in [0.15, 0.2) is 22.6 Å². The van der Waals surface area contributed by atoms with Gasteiger partial charge in [-0.05, 0) is 43.7 Å². The maximum atomic E-state index is 6.46. The van der Waals surface area contributed by atoms with Crippen LogP contribution in [0.1, 0.15) is 38.5 Å². The number of benzene rings is 1. The highest BCUT2D eigenvalue weighted by Crippen LogP contribution is 2.38. The molecule has 1 aromatic carbocycles. The average molecular weight is 265 g/mol. The summed E-state index contributed by atoms with van der Waals surface area (Å²) in [5.41, 5.74) is 7.48. The Morgan fingerprint density at radius 1 is 1.39 bits per heavy atom. The molecule has 0 saturated heterocycles. The lowest BCUT2D eigenvalue weighted by molar-refractivity contribution is 0.209. The minimum atomic E-state index is -0.422. The second-order valence-electron chi connectivity index (χ2n) is 5.45. The summed E-state index contributed by atoms with van der Waals surface area (Å²) in [6.07, 6.45) is 4.11. The van der Waals surface area contributed by atoms with Crippen LogP contribution in [0.5, 0.6) is 0 Å². The Labute approximate surface area is 111 Å². The van der Waals surface area contributed by atoms with E-state index in [1.807, 2.05) is 18.2 Å². The Morgan fingerprint density at radius 3 is 2.78 bits per heavy atom. The summed E-state index contributed by atoms with van der Waals surface area (Å²) in [4.78, 5) is 4.52. The topological polar surface area (TPSA) is 52.0 Å². The first kappa shape index (κ1) is 12.0. The van der Waals surface area contributed by atoms with Gasteiger partial charge in [-0.1, -0.05) is 24.6 Å². The molecule has 1 heterocycles. The third-order valence-corrected chi connectivity index (χ3v) is 4.26. The molecule has 2 N–H and O–H groups in total. The van der Waals surface area contributed by atoms with Gasteiger partial charge in [-0.15, -0.1) is 0 Å². The number of fused-ring (bicyclic) bond motifs is 1. The van der Waals surface area contributed by atoms with Crippen LogP contribution in [-0.4, -0.2) is 4.98 Å². The zero-order chi connectivity index (χ0) is 12.8. The zero-order valence-corrected chi connectivity index (χ0v) is 11.2. The van der Waals surface area contributed by atoms with Gasteiger partial charge in [-0.25, -0.2) is 4.98 Å². The van der Waals surface area contributed by atoms with E-state index < -0.39 is 5.54 Å². The van der Waals surface area contributed by atoms with E-state index in [1.165, 1.54) is 0 Å². The molecule has 3 rings (SSSR count). The molecule has 1 aliphatic carbocycles. The quantitative estimate of drug-likeness (QED) is 0.851. The molecular formula is C14H17ClN2O. The van der Waals surface area contributed by atoms with Crippen LogP contribution in [0.25, 0.3) is 11.1 Å². The van der Waals surface area contributed by atoms with Crippen molar-refractivity contribution in [1.82, 2.24) is 4.98 Å². The summed E-state index contributed by atoms with van der Waals surface area (Å²) >= 11 is 6.10. The van der Waals surface area contributed by atoms with E-state index in [2.05, 4.69) is 11.9 Å². The van der Waals surface area contributed by atoms with Crippen molar-refractivity contribution in [1.29, 1.82) is 0 Å². The lowest BCUT2D eigenvalue weighted by Crippen LogP contribution is -2.40. The molecule has 0 amide bonds. The molecule has 18 heavy (non-hydrogen) atoms. The SMILES string of the molecule is CC1CCC(N)(c2nc3cccc(Cl)c3o2)CC1. The molecule has 0 bridgehead atoms. The van der Waals surface area contributed by atoms with Crippen molar-refractivity contribution >= 4 is 22.7 Å². The fraction of sp³-hybridized carbons (Fsp3) is 0.500. The summed E-state index contributed by atoms with van der Waals surface area (Å²) in [7, 11) is 0. The van der Waals surface area contributed by atoms with Crippen molar-refractivity contribution < 1.29 is 4.42 Å². The molecule has 0 radical (unpaired) electrons. The molecule has 1 fully saturated rings. The number of hydrogen-bond donors (Lipinski definition) is 1. The lowest BCUT2D eigenvalue weighted by Gasteiger charge is -2.33. The number of aromatic nitrogens is 1. The van der Waals surface area contributed by atoms with Crippen molar-refractivity contribution in [3.8, 4) is 0 Å². The molecule has 0 spiro atoms. The number of rotatable bonds is 1. The van der Waals surface area contributed by atoms with Crippen LogP contribution in [0.3, 0.4) is 0 Å². The minimum Gasteiger partial charge on any atom is -0.437 e. The van der Waals surface area contributed by atoms with Crippen LogP contribution in [-0.2, 0) is 5.54 Å². The van der Waals surface area contributed by atoms with Crippen molar-refractivity contribution in [2.75, 3.05) is 0 Å². The molecule has 3 nitrogen and oxygen atoms in total. The minimum absolute atomic E-state index is 0.422.